The van der Waals surface area contributed by atoms with E-state index in [0.717, 1.165) is 16.8 Å². The van der Waals surface area contributed by atoms with Crippen molar-refractivity contribution in [2.45, 2.75) is 6.04 Å². The van der Waals surface area contributed by atoms with Crippen molar-refractivity contribution in [3.8, 4) is 11.1 Å². The van der Waals surface area contributed by atoms with Gasteiger partial charge in [-0.05, 0) is 59.2 Å². The molecule has 8 heteroatoms. The fraction of sp³-hybridized carbons (Fsp3) is 0.200. The van der Waals surface area contributed by atoms with Gasteiger partial charge in [-0.15, -0.1) is 0 Å². The van der Waals surface area contributed by atoms with E-state index < -0.39 is 12.1 Å². The van der Waals surface area contributed by atoms with E-state index in [1.54, 1.807) is 35.2 Å². The monoisotopic (exact) mass is 466 g/mol. The van der Waals surface area contributed by atoms with Gasteiger partial charge < -0.3 is 20.9 Å². The highest BCUT2D eigenvalue weighted by atomic mass is 35.5. The smallest absolute Gasteiger partial charge is 0.313 e. The molecule has 1 atom stereocenters. The average molecular weight is 467 g/mol. The lowest BCUT2D eigenvalue weighted by atomic mass is 9.98. The highest BCUT2D eigenvalue weighted by Gasteiger charge is 2.30. The summed E-state index contributed by atoms with van der Waals surface area (Å²) in [5.74, 6) is -0.505. The molecule has 1 aliphatic heterocycles. The first kappa shape index (κ1) is 22.6. The van der Waals surface area contributed by atoms with Crippen LogP contribution in [0, 0.1) is 5.82 Å². The third-order valence-corrected chi connectivity index (χ3v) is 5.97. The van der Waals surface area contributed by atoms with Gasteiger partial charge in [-0.3, -0.25) is 4.79 Å². The van der Waals surface area contributed by atoms with Crippen LogP contribution in [0.25, 0.3) is 11.1 Å². The van der Waals surface area contributed by atoms with E-state index in [0.29, 0.717) is 36.8 Å². The van der Waals surface area contributed by atoms with Crippen molar-refractivity contribution >= 4 is 29.2 Å². The molecule has 0 aromatic heterocycles. The molecule has 0 aliphatic carbocycles. The van der Waals surface area contributed by atoms with E-state index in [1.807, 2.05) is 30.3 Å². The molecule has 0 spiro atoms. The Morgan fingerprint density at radius 3 is 2.21 bits per heavy atom. The number of halogens is 2. The Morgan fingerprint density at radius 2 is 1.58 bits per heavy atom. The molecule has 170 valence electrons. The molecule has 3 amide bonds. The maximum Gasteiger partial charge on any atom is 0.313 e. The van der Waals surface area contributed by atoms with Crippen LogP contribution in [0.1, 0.15) is 11.6 Å². The lowest BCUT2D eigenvalue weighted by Gasteiger charge is -2.37. The van der Waals surface area contributed by atoms with Crippen LogP contribution >= 0.6 is 11.6 Å². The number of hydrogen-bond acceptors (Lipinski definition) is 3. The van der Waals surface area contributed by atoms with Crippen LogP contribution in [0.15, 0.2) is 72.8 Å². The minimum absolute atomic E-state index is 0.221. The number of anilines is 1. The van der Waals surface area contributed by atoms with Gasteiger partial charge in [-0.2, -0.15) is 0 Å². The van der Waals surface area contributed by atoms with Crippen molar-refractivity contribution in [3.05, 3.63) is 89.2 Å². The molecule has 6 nitrogen and oxygen atoms in total. The van der Waals surface area contributed by atoms with Gasteiger partial charge >= 0.3 is 6.03 Å². The molecule has 1 saturated heterocycles. The number of benzene rings is 3. The Kier molecular flexibility index (Phi) is 6.79. The number of rotatable bonds is 5. The van der Waals surface area contributed by atoms with E-state index >= 15 is 0 Å². The summed E-state index contributed by atoms with van der Waals surface area (Å²) in [6.45, 7) is 2.16. The van der Waals surface area contributed by atoms with Gasteiger partial charge in [0.05, 0.1) is 0 Å². The summed E-state index contributed by atoms with van der Waals surface area (Å²) < 4.78 is 13.2. The van der Waals surface area contributed by atoms with Crippen LogP contribution in [0.3, 0.4) is 0 Å². The van der Waals surface area contributed by atoms with Crippen molar-refractivity contribution in [1.29, 1.82) is 0 Å². The lowest BCUT2D eigenvalue weighted by molar-refractivity contribution is -0.133. The molecule has 4 rings (SSSR count). The second-order valence-electron chi connectivity index (χ2n) is 7.86. The number of amides is 3. The zero-order chi connectivity index (χ0) is 23.4. The van der Waals surface area contributed by atoms with Crippen molar-refractivity contribution in [2.24, 2.45) is 5.73 Å². The molecule has 3 N–H and O–H groups in total. The fourth-order valence-corrected chi connectivity index (χ4v) is 4.12. The third kappa shape index (κ3) is 5.43. The van der Waals surface area contributed by atoms with Crippen molar-refractivity contribution in [1.82, 2.24) is 10.2 Å². The van der Waals surface area contributed by atoms with Crippen LogP contribution < -0.4 is 16.0 Å². The predicted octanol–water partition coefficient (Wildman–Crippen LogP) is 4.20. The standard InChI is InChI=1S/C25H24ClFN4O2/c26-20-6-4-17(5-7-20)18-2-1-3-19(16-18)23(29-25(28)33)24(32)31-14-12-30(13-15-31)22-10-8-21(27)9-11-22/h1-11,16,23H,12-15H2,(H3,28,29,33). The molecular weight excluding hydrogens is 443 g/mol. The number of hydrogen-bond donors (Lipinski definition) is 2. The van der Waals surface area contributed by atoms with Crippen molar-refractivity contribution in [2.75, 3.05) is 31.1 Å². The molecule has 1 aliphatic rings. The minimum atomic E-state index is -0.896. The zero-order valence-electron chi connectivity index (χ0n) is 17.9. The minimum Gasteiger partial charge on any atom is -0.368 e. The SMILES string of the molecule is NC(=O)NC(C(=O)N1CCN(c2ccc(F)cc2)CC1)c1cccc(-c2ccc(Cl)cc2)c1. The second-order valence-corrected chi connectivity index (χ2v) is 8.30. The summed E-state index contributed by atoms with van der Waals surface area (Å²) in [5.41, 5.74) is 8.80. The highest BCUT2D eigenvalue weighted by Crippen LogP contribution is 2.26. The van der Waals surface area contributed by atoms with E-state index in [-0.39, 0.29) is 11.7 Å². The Hall–Kier alpha value is -3.58. The predicted molar refractivity (Wildman–Crippen MR) is 128 cm³/mol. The van der Waals surface area contributed by atoms with Crippen LogP contribution in [-0.2, 0) is 4.79 Å². The molecule has 1 fully saturated rings. The molecule has 1 heterocycles. The van der Waals surface area contributed by atoms with Crippen LogP contribution in [-0.4, -0.2) is 43.0 Å². The first-order chi connectivity index (χ1) is 15.9. The molecular formula is C25H24ClFN4O2. The number of nitrogens with one attached hydrogen (secondary N) is 1. The molecule has 0 bridgehead atoms. The maximum atomic E-state index is 13.4. The number of nitrogens with zero attached hydrogens (tertiary/aromatic N) is 2. The first-order valence-corrected chi connectivity index (χ1v) is 11.0. The number of primary amides is 1. The summed E-state index contributed by atoms with van der Waals surface area (Å²) in [6, 6.07) is 19.5. The summed E-state index contributed by atoms with van der Waals surface area (Å²) in [4.78, 5) is 28.9. The van der Waals surface area contributed by atoms with Gasteiger partial charge in [0.25, 0.3) is 0 Å². The Bertz CT molecular complexity index is 1130. The van der Waals surface area contributed by atoms with Crippen molar-refractivity contribution in [3.63, 3.8) is 0 Å². The fourth-order valence-electron chi connectivity index (χ4n) is 3.99. The number of nitrogens with two attached hydrogens (primary N) is 1. The summed E-state index contributed by atoms with van der Waals surface area (Å²) >= 11 is 5.99. The largest absolute Gasteiger partial charge is 0.368 e. The Balaban J connectivity index is 1.51. The molecule has 0 saturated carbocycles. The summed E-state index contributed by atoms with van der Waals surface area (Å²) in [6.07, 6.45) is 0. The number of carbonyl (C=O) groups excluding carboxylic acids is 2. The normalized spacial score (nSPS) is 14.6. The summed E-state index contributed by atoms with van der Waals surface area (Å²) in [5, 5.41) is 3.24. The van der Waals surface area contributed by atoms with E-state index in [1.165, 1.54) is 12.1 Å². The van der Waals surface area contributed by atoms with Crippen molar-refractivity contribution < 1.29 is 14.0 Å². The van der Waals surface area contributed by atoms with Gasteiger partial charge in [0.15, 0.2) is 0 Å². The number of carbonyl (C=O) groups is 2. The van der Waals surface area contributed by atoms with Gasteiger partial charge in [0.2, 0.25) is 5.91 Å². The summed E-state index contributed by atoms with van der Waals surface area (Å²) in [7, 11) is 0. The maximum absolute atomic E-state index is 13.4. The van der Waals surface area contributed by atoms with E-state index in [9.17, 15) is 14.0 Å². The molecule has 33 heavy (non-hydrogen) atoms. The van der Waals surface area contributed by atoms with E-state index in [2.05, 4.69) is 10.2 Å². The number of urea groups is 1. The van der Waals surface area contributed by atoms with Crippen LogP contribution in [0.5, 0.6) is 0 Å². The number of piperazine rings is 1. The molecule has 1 unspecified atom stereocenters. The van der Waals surface area contributed by atoms with Crippen LogP contribution in [0.4, 0.5) is 14.9 Å². The van der Waals surface area contributed by atoms with Gasteiger partial charge in [0.1, 0.15) is 11.9 Å². The molecule has 3 aromatic carbocycles. The Labute approximate surface area is 196 Å². The first-order valence-electron chi connectivity index (χ1n) is 10.6. The van der Waals surface area contributed by atoms with Gasteiger partial charge in [0, 0.05) is 36.9 Å². The lowest BCUT2D eigenvalue weighted by Crippen LogP contribution is -2.52. The van der Waals surface area contributed by atoms with Gasteiger partial charge in [-0.1, -0.05) is 41.9 Å². The quantitative estimate of drug-likeness (QED) is 0.591. The average Bonchev–Trinajstić information content (AvgIpc) is 2.83. The zero-order valence-corrected chi connectivity index (χ0v) is 18.6. The van der Waals surface area contributed by atoms with E-state index in [4.69, 9.17) is 17.3 Å². The molecule has 3 aromatic rings. The Morgan fingerprint density at radius 1 is 0.909 bits per heavy atom. The topological polar surface area (TPSA) is 78.7 Å². The van der Waals surface area contributed by atoms with Gasteiger partial charge in [-0.25, -0.2) is 9.18 Å². The second kappa shape index (κ2) is 9.92. The third-order valence-electron chi connectivity index (χ3n) is 5.71. The molecule has 0 radical (unpaired) electrons. The van der Waals surface area contributed by atoms with Crippen LogP contribution in [0.2, 0.25) is 5.02 Å². The highest BCUT2D eigenvalue weighted by molar-refractivity contribution is 6.30.